The third-order valence-corrected chi connectivity index (χ3v) is 18.6. The third-order valence-electron chi connectivity index (χ3n) is 18.6. The molecular formula is C90H60N2. The summed E-state index contributed by atoms with van der Waals surface area (Å²) in [6.07, 6.45) is 0. The van der Waals surface area contributed by atoms with E-state index in [1.165, 1.54) is 120 Å². The maximum absolute atomic E-state index is 2.53. The molecule has 0 spiro atoms. The van der Waals surface area contributed by atoms with Gasteiger partial charge in [-0.2, -0.15) is 0 Å². The number of benzene rings is 17. The molecule has 0 saturated heterocycles. The molecular weight excluding hydrogens is 1110 g/mol. The van der Waals surface area contributed by atoms with Crippen LogP contribution in [0, 0.1) is 0 Å². The lowest BCUT2D eigenvalue weighted by molar-refractivity contribution is 1.31. The summed E-state index contributed by atoms with van der Waals surface area (Å²) in [4.78, 5) is 4.88. The fourth-order valence-electron chi connectivity index (χ4n) is 14.7. The number of hydrogen-bond donors (Lipinski definition) is 0. The normalized spacial score (nSPS) is 11.5. The average molecular weight is 1170 g/mol. The number of fused-ring (bicyclic) bond motifs is 6. The molecule has 17 aromatic rings. The first-order valence-corrected chi connectivity index (χ1v) is 31.7. The van der Waals surface area contributed by atoms with E-state index in [0.29, 0.717) is 0 Å². The van der Waals surface area contributed by atoms with E-state index in [9.17, 15) is 0 Å². The van der Waals surface area contributed by atoms with Gasteiger partial charge in [0.1, 0.15) is 0 Å². The maximum atomic E-state index is 2.53. The Morgan fingerprint density at radius 2 is 0.370 bits per heavy atom. The van der Waals surface area contributed by atoms with Crippen molar-refractivity contribution in [2.45, 2.75) is 0 Å². The zero-order valence-corrected chi connectivity index (χ0v) is 50.5. The largest absolute Gasteiger partial charge is 0.309 e. The van der Waals surface area contributed by atoms with Gasteiger partial charge in [0.25, 0.3) is 0 Å². The number of hydrogen-bond acceptors (Lipinski definition) is 2. The van der Waals surface area contributed by atoms with Crippen LogP contribution < -0.4 is 9.80 Å². The van der Waals surface area contributed by atoms with Gasteiger partial charge in [0.15, 0.2) is 0 Å². The zero-order chi connectivity index (χ0) is 60.9. The summed E-state index contributed by atoms with van der Waals surface area (Å²) in [6, 6.07) is 134. The Balaban J connectivity index is 0.997. The first kappa shape index (κ1) is 54.1. The fourth-order valence-corrected chi connectivity index (χ4v) is 14.7. The highest BCUT2D eigenvalue weighted by molar-refractivity contribution is 6.28. The minimum Gasteiger partial charge on any atom is -0.309 e. The first-order chi connectivity index (χ1) is 45.7. The molecule has 0 unspecified atom stereocenters. The molecule has 2 heteroatoms. The molecule has 92 heavy (non-hydrogen) atoms. The standard InChI is InChI=1S/C90H60N2/c1-7-31-61(32-8-1)69-43-19-21-45-71(69)87-77-57-55-64(86-75-49-25-29-53-81(75)90(82-54-30-26-50-76(82)86)92(67-39-15-5-16-40-67)68-41-17-6-18-42-68)60-84(77)88(72-46-22-20-44-70(72)62-33-9-2-10-34-62)78-58-56-63(59-83(78)87)85-73-47-23-27-51-79(73)89(80-52-28-24-48-74(80)85)91(65-35-11-3-12-36-65)66-37-13-4-14-38-66/h1-60H. The Kier molecular flexibility index (Phi) is 13.6. The average Bonchev–Trinajstić information content (AvgIpc) is 0.750. The van der Waals surface area contributed by atoms with Crippen molar-refractivity contribution in [1.29, 1.82) is 0 Å². The number of rotatable bonds is 12. The van der Waals surface area contributed by atoms with Crippen LogP contribution in [0.15, 0.2) is 364 Å². The molecule has 17 rings (SSSR count). The lowest BCUT2D eigenvalue weighted by atomic mass is 9.80. The summed E-state index contributed by atoms with van der Waals surface area (Å²) >= 11 is 0. The molecule has 17 aromatic carbocycles. The van der Waals surface area contributed by atoms with Crippen molar-refractivity contribution in [3.8, 4) is 66.8 Å². The van der Waals surface area contributed by atoms with E-state index in [-0.39, 0.29) is 0 Å². The topological polar surface area (TPSA) is 6.48 Å². The van der Waals surface area contributed by atoms with E-state index in [0.717, 1.165) is 45.3 Å². The van der Waals surface area contributed by atoms with Crippen molar-refractivity contribution in [3.05, 3.63) is 364 Å². The summed E-state index contributed by atoms with van der Waals surface area (Å²) in [5.41, 5.74) is 20.8. The molecule has 0 bridgehead atoms. The minimum atomic E-state index is 1.10. The summed E-state index contributed by atoms with van der Waals surface area (Å²) in [6.45, 7) is 0. The van der Waals surface area contributed by atoms with Gasteiger partial charge in [-0.1, -0.05) is 303 Å². The van der Waals surface area contributed by atoms with Gasteiger partial charge in [-0.25, -0.2) is 0 Å². The van der Waals surface area contributed by atoms with Gasteiger partial charge >= 0.3 is 0 Å². The second-order valence-corrected chi connectivity index (χ2v) is 23.7. The summed E-state index contributed by atoms with van der Waals surface area (Å²) in [7, 11) is 0. The van der Waals surface area contributed by atoms with Gasteiger partial charge in [0.05, 0.1) is 11.4 Å². The van der Waals surface area contributed by atoms with Gasteiger partial charge < -0.3 is 9.80 Å². The van der Waals surface area contributed by atoms with Crippen molar-refractivity contribution < 1.29 is 0 Å². The zero-order valence-electron chi connectivity index (χ0n) is 50.5. The van der Waals surface area contributed by atoms with Crippen molar-refractivity contribution in [2.75, 3.05) is 9.80 Å². The van der Waals surface area contributed by atoms with Crippen LogP contribution >= 0.6 is 0 Å². The van der Waals surface area contributed by atoms with Gasteiger partial charge in [0, 0.05) is 44.3 Å². The summed E-state index contributed by atoms with van der Waals surface area (Å²) in [5, 5.41) is 14.1. The molecule has 0 aromatic heterocycles. The Morgan fingerprint density at radius 3 is 0.663 bits per heavy atom. The number of anilines is 6. The molecule has 0 amide bonds. The lowest BCUT2D eigenvalue weighted by Gasteiger charge is -2.29. The number of para-hydroxylation sites is 4. The molecule has 0 fully saturated rings. The van der Waals surface area contributed by atoms with Crippen molar-refractivity contribution >= 4 is 98.8 Å². The van der Waals surface area contributed by atoms with Gasteiger partial charge in [-0.05, 0) is 171 Å². The van der Waals surface area contributed by atoms with Crippen LogP contribution in [0.4, 0.5) is 34.1 Å². The van der Waals surface area contributed by atoms with Crippen molar-refractivity contribution in [2.24, 2.45) is 0 Å². The fraction of sp³-hybridized carbons (Fsp3) is 0. The first-order valence-electron chi connectivity index (χ1n) is 31.7. The van der Waals surface area contributed by atoms with Crippen LogP contribution in [-0.2, 0) is 0 Å². The molecule has 0 saturated carbocycles. The van der Waals surface area contributed by atoms with Gasteiger partial charge in [-0.3, -0.25) is 0 Å². The molecule has 0 radical (unpaired) electrons. The highest BCUT2D eigenvalue weighted by Crippen LogP contribution is 2.54. The Labute approximate surface area is 536 Å². The summed E-state index contributed by atoms with van der Waals surface area (Å²) in [5.74, 6) is 0. The second-order valence-electron chi connectivity index (χ2n) is 23.7. The smallest absolute Gasteiger partial charge is 0.0618 e. The Morgan fingerprint density at radius 1 is 0.141 bits per heavy atom. The van der Waals surface area contributed by atoms with Crippen LogP contribution in [0.3, 0.4) is 0 Å². The third kappa shape index (κ3) is 9.19. The molecule has 2 nitrogen and oxygen atoms in total. The predicted molar refractivity (Wildman–Crippen MR) is 393 cm³/mol. The van der Waals surface area contributed by atoms with Crippen LogP contribution in [0.5, 0.6) is 0 Å². The van der Waals surface area contributed by atoms with E-state index < -0.39 is 0 Å². The van der Waals surface area contributed by atoms with Crippen LogP contribution in [0.2, 0.25) is 0 Å². The second kappa shape index (κ2) is 23.1. The minimum absolute atomic E-state index is 1.10. The van der Waals surface area contributed by atoms with E-state index in [1.54, 1.807) is 0 Å². The Hall–Kier alpha value is -12.1. The molecule has 0 heterocycles. The summed E-state index contributed by atoms with van der Waals surface area (Å²) < 4.78 is 0. The molecule has 0 aliphatic heterocycles. The quantitative estimate of drug-likeness (QED) is 0.113. The molecule has 0 atom stereocenters. The lowest BCUT2D eigenvalue weighted by Crippen LogP contribution is -2.11. The van der Waals surface area contributed by atoms with Crippen LogP contribution in [0.25, 0.3) is 131 Å². The molecule has 0 N–H and O–H groups in total. The van der Waals surface area contributed by atoms with E-state index in [1.807, 2.05) is 0 Å². The predicted octanol–water partition coefficient (Wildman–Crippen LogP) is 25.5. The van der Waals surface area contributed by atoms with Crippen molar-refractivity contribution in [3.63, 3.8) is 0 Å². The van der Waals surface area contributed by atoms with Crippen molar-refractivity contribution in [1.82, 2.24) is 0 Å². The SMILES string of the molecule is c1ccc(-c2ccccc2-c2c3ccc(-c4c5ccccc5c(N(c5ccccc5)c5ccccc5)c5ccccc45)cc3c(-c3ccccc3-c3ccccc3)c3ccc(-c4c5ccccc5c(N(c5ccccc5)c5ccccc5)c5ccccc45)cc23)cc1. The highest BCUT2D eigenvalue weighted by atomic mass is 15.2. The van der Waals surface area contributed by atoms with E-state index in [2.05, 4.69) is 374 Å². The monoisotopic (exact) mass is 1170 g/mol. The highest BCUT2D eigenvalue weighted by Gasteiger charge is 2.28. The van der Waals surface area contributed by atoms with Crippen LogP contribution in [0.1, 0.15) is 0 Å². The molecule has 0 aliphatic rings. The van der Waals surface area contributed by atoms with E-state index in [4.69, 9.17) is 0 Å². The Bertz CT molecular complexity index is 5070. The van der Waals surface area contributed by atoms with Gasteiger partial charge in [0.2, 0.25) is 0 Å². The van der Waals surface area contributed by atoms with E-state index >= 15 is 0 Å². The molecule has 0 aliphatic carbocycles. The van der Waals surface area contributed by atoms with Gasteiger partial charge in [-0.15, -0.1) is 0 Å². The maximum Gasteiger partial charge on any atom is 0.0618 e. The molecule has 430 valence electrons. The van der Waals surface area contributed by atoms with Crippen LogP contribution in [-0.4, -0.2) is 0 Å². The number of nitrogens with zero attached hydrogens (tertiary/aromatic N) is 2.